The molecule has 0 fully saturated rings. The third-order valence-electron chi connectivity index (χ3n) is 2.67. The first kappa shape index (κ1) is 13.6. The Bertz CT molecular complexity index is 405. The number of carbonyl (C=O) groups is 1. The number of amides is 1. The van der Waals surface area contributed by atoms with E-state index in [9.17, 15) is 4.79 Å². The molecule has 1 rings (SSSR count). The lowest BCUT2D eigenvalue weighted by atomic mass is 9.86. The van der Waals surface area contributed by atoms with Crippen molar-refractivity contribution in [3.63, 3.8) is 0 Å². The van der Waals surface area contributed by atoms with Crippen molar-refractivity contribution in [1.29, 1.82) is 0 Å². The van der Waals surface area contributed by atoms with Crippen LogP contribution in [0.2, 0.25) is 0 Å². The predicted molar refractivity (Wildman–Crippen MR) is 69.2 cm³/mol. The number of nitrogens with one attached hydrogen (secondary N) is 1. The van der Waals surface area contributed by atoms with E-state index in [1.165, 1.54) is 12.5 Å². The first-order valence-electron chi connectivity index (χ1n) is 5.76. The smallest absolute Gasteiger partial charge is 0.217 e. The number of benzene rings is 1. The van der Waals surface area contributed by atoms with E-state index < -0.39 is 0 Å². The van der Waals surface area contributed by atoms with Gasteiger partial charge < -0.3 is 10.1 Å². The normalized spacial score (nSPS) is 11.1. The SMILES string of the molecule is COc1ccc(C(C)(C)C)cc1CNC(C)=O. The summed E-state index contributed by atoms with van der Waals surface area (Å²) in [5.74, 6) is 0.778. The molecular weight excluding hydrogens is 214 g/mol. The summed E-state index contributed by atoms with van der Waals surface area (Å²) in [6.07, 6.45) is 0. The molecule has 0 aliphatic heterocycles. The van der Waals surface area contributed by atoms with Gasteiger partial charge in [-0.25, -0.2) is 0 Å². The molecule has 1 N–H and O–H groups in total. The Morgan fingerprint density at radius 2 is 2.00 bits per heavy atom. The van der Waals surface area contributed by atoms with Gasteiger partial charge in [-0.15, -0.1) is 0 Å². The number of hydrogen-bond acceptors (Lipinski definition) is 2. The highest BCUT2D eigenvalue weighted by molar-refractivity contribution is 5.72. The van der Waals surface area contributed by atoms with Gasteiger partial charge in [-0.2, -0.15) is 0 Å². The van der Waals surface area contributed by atoms with Crippen molar-refractivity contribution in [3.8, 4) is 5.75 Å². The van der Waals surface area contributed by atoms with Crippen molar-refractivity contribution in [2.75, 3.05) is 7.11 Å². The maximum absolute atomic E-state index is 10.9. The van der Waals surface area contributed by atoms with E-state index in [-0.39, 0.29) is 11.3 Å². The maximum atomic E-state index is 10.9. The highest BCUT2D eigenvalue weighted by atomic mass is 16.5. The summed E-state index contributed by atoms with van der Waals surface area (Å²) < 4.78 is 5.29. The molecule has 0 unspecified atom stereocenters. The van der Waals surface area contributed by atoms with Gasteiger partial charge in [0.15, 0.2) is 0 Å². The van der Waals surface area contributed by atoms with E-state index in [0.29, 0.717) is 6.54 Å². The van der Waals surface area contributed by atoms with Crippen LogP contribution in [0.5, 0.6) is 5.75 Å². The molecule has 0 atom stereocenters. The van der Waals surface area contributed by atoms with Crippen molar-refractivity contribution >= 4 is 5.91 Å². The fraction of sp³-hybridized carbons (Fsp3) is 0.500. The lowest BCUT2D eigenvalue weighted by Crippen LogP contribution is -2.20. The minimum absolute atomic E-state index is 0.0341. The summed E-state index contributed by atoms with van der Waals surface area (Å²) in [7, 11) is 1.64. The summed E-state index contributed by atoms with van der Waals surface area (Å²) in [4.78, 5) is 10.9. The summed E-state index contributed by atoms with van der Waals surface area (Å²) in [6, 6.07) is 6.11. The topological polar surface area (TPSA) is 38.3 Å². The van der Waals surface area contributed by atoms with Gasteiger partial charge in [0.2, 0.25) is 5.91 Å². The zero-order valence-electron chi connectivity index (χ0n) is 11.3. The molecule has 3 heteroatoms. The predicted octanol–water partition coefficient (Wildman–Crippen LogP) is 2.63. The first-order chi connectivity index (χ1) is 7.84. The number of methoxy groups -OCH3 is 1. The van der Waals surface area contributed by atoms with E-state index in [4.69, 9.17) is 4.74 Å². The molecule has 0 aromatic heterocycles. The molecule has 0 saturated carbocycles. The lowest BCUT2D eigenvalue weighted by Gasteiger charge is -2.21. The third kappa shape index (κ3) is 3.77. The van der Waals surface area contributed by atoms with Crippen LogP contribution in [0.15, 0.2) is 18.2 Å². The molecule has 17 heavy (non-hydrogen) atoms. The second-order valence-electron chi connectivity index (χ2n) is 5.19. The van der Waals surface area contributed by atoms with E-state index in [2.05, 4.69) is 38.2 Å². The molecule has 1 aromatic rings. The fourth-order valence-corrected chi connectivity index (χ4v) is 1.60. The van der Waals surface area contributed by atoms with Crippen LogP contribution in [0.25, 0.3) is 0 Å². The van der Waals surface area contributed by atoms with Crippen LogP contribution < -0.4 is 10.1 Å². The van der Waals surface area contributed by atoms with Crippen LogP contribution in [0, 0.1) is 0 Å². The standard InChI is InChI=1S/C14H21NO2/c1-10(16)15-9-11-8-12(14(2,3)4)6-7-13(11)17-5/h6-8H,9H2,1-5H3,(H,15,16). The van der Waals surface area contributed by atoms with Crippen LogP contribution in [0.3, 0.4) is 0 Å². The van der Waals surface area contributed by atoms with Gasteiger partial charge in [-0.3, -0.25) is 4.79 Å². The fourth-order valence-electron chi connectivity index (χ4n) is 1.60. The van der Waals surface area contributed by atoms with E-state index in [0.717, 1.165) is 11.3 Å². The van der Waals surface area contributed by atoms with Crippen LogP contribution in [-0.4, -0.2) is 13.0 Å². The van der Waals surface area contributed by atoms with Gasteiger partial charge in [0.25, 0.3) is 0 Å². The largest absolute Gasteiger partial charge is 0.496 e. The van der Waals surface area contributed by atoms with Gasteiger partial charge in [-0.05, 0) is 23.1 Å². The van der Waals surface area contributed by atoms with Crippen molar-refractivity contribution in [2.45, 2.75) is 39.7 Å². The number of ether oxygens (including phenoxy) is 1. The Balaban J connectivity index is 3.02. The van der Waals surface area contributed by atoms with Gasteiger partial charge in [0.1, 0.15) is 5.75 Å². The molecule has 0 spiro atoms. The van der Waals surface area contributed by atoms with Crippen LogP contribution >= 0.6 is 0 Å². The van der Waals surface area contributed by atoms with Crippen LogP contribution in [-0.2, 0) is 16.8 Å². The average molecular weight is 235 g/mol. The second-order valence-corrected chi connectivity index (χ2v) is 5.19. The van der Waals surface area contributed by atoms with E-state index in [1.807, 2.05) is 6.07 Å². The quantitative estimate of drug-likeness (QED) is 0.874. The number of hydrogen-bond donors (Lipinski definition) is 1. The van der Waals surface area contributed by atoms with Crippen molar-refractivity contribution in [2.24, 2.45) is 0 Å². The zero-order valence-corrected chi connectivity index (χ0v) is 11.3. The van der Waals surface area contributed by atoms with Crippen molar-refractivity contribution in [3.05, 3.63) is 29.3 Å². The summed E-state index contributed by atoms with van der Waals surface area (Å²) in [6.45, 7) is 8.51. The molecule has 1 aromatic carbocycles. The molecule has 1 amide bonds. The Hall–Kier alpha value is -1.51. The van der Waals surface area contributed by atoms with E-state index in [1.54, 1.807) is 7.11 Å². The van der Waals surface area contributed by atoms with Crippen molar-refractivity contribution < 1.29 is 9.53 Å². The van der Waals surface area contributed by atoms with Crippen LogP contribution in [0.1, 0.15) is 38.8 Å². The summed E-state index contributed by atoms with van der Waals surface area (Å²) in [5.41, 5.74) is 2.34. The van der Waals surface area contributed by atoms with Crippen LogP contribution in [0.4, 0.5) is 0 Å². The lowest BCUT2D eigenvalue weighted by molar-refractivity contribution is -0.119. The van der Waals surface area contributed by atoms with Gasteiger partial charge in [0, 0.05) is 19.0 Å². The highest BCUT2D eigenvalue weighted by Crippen LogP contribution is 2.27. The molecule has 3 nitrogen and oxygen atoms in total. The Kier molecular flexibility index (Phi) is 4.16. The molecule has 0 bridgehead atoms. The Labute approximate surface area is 103 Å². The minimum Gasteiger partial charge on any atom is -0.496 e. The number of carbonyl (C=O) groups excluding carboxylic acids is 1. The maximum Gasteiger partial charge on any atom is 0.217 e. The van der Waals surface area contributed by atoms with Gasteiger partial charge in [0.05, 0.1) is 7.11 Å². The van der Waals surface area contributed by atoms with Crippen molar-refractivity contribution in [1.82, 2.24) is 5.32 Å². The molecule has 0 heterocycles. The molecule has 0 radical (unpaired) electrons. The molecule has 0 aliphatic rings. The Morgan fingerprint density at radius 1 is 1.35 bits per heavy atom. The third-order valence-corrected chi connectivity index (χ3v) is 2.67. The Morgan fingerprint density at radius 3 is 2.47 bits per heavy atom. The zero-order chi connectivity index (χ0) is 13.1. The van der Waals surface area contributed by atoms with Gasteiger partial charge in [-0.1, -0.05) is 26.8 Å². The number of rotatable bonds is 3. The molecule has 94 valence electrons. The molecule has 0 aliphatic carbocycles. The average Bonchev–Trinajstić information content (AvgIpc) is 2.24. The molecular formula is C14H21NO2. The summed E-state index contributed by atoms with van der Waals surface area (Å²) in [5, 5.41) is 2.80. The highest BCUT2D eigenvalue weighted by Gasteiger charge is 2.15. The van der Waals surface area contributed by atoms with Gasteiger partial charge >= 0.3 is 0 Å². The summed E-state index contributed by atoms with van der Waals surface area (Å²) >= 11 is 0. The minimum atomic E-state index is -0.0341. The second kappa shape index (κ2) is 5.21. The van der Waals surface area contributed by atoms with E-state index >= 15 is 0 Å². The molecule has 0 saturated heterocycles. The first-order valence-corrected chi connectivity index (χ1v) is 5.76. The monoisotopic (exact) mass is 235 g/mol.